The second-order valence-corrected chi connectivity index (χ2v) is 7.67. The van der Waals surface area contributed by atoms with Gasteiger partial charge in [0.05, 0.1) is 18.4 Å². The molecule has 0 spiro atoms. The van der Waals surface area contributed by atoms with Crippen LogP contribution >= 0.6 is 0 Å². The number of hydrogen-bond donors (Lipinski definition) is 0. The fraction of sp³-hybridized carbons (Fsp3) is 0.600. The Hall–Kier alpha value is -2.82. The molecule has 1 aromatic heterocycles. The number of amides is 1. The van der Waals surface area contributed by atoms with Crippen LogP contribution in [0.5, 0.6) is 0 Å². The number of nitriles is 1. The van der Waals surface area contributed by atoms with E-state index >= 15 is 0 Å². The number of carbonyl (C=O) groups is 2. The van der Waals surface area contributed by atoms with Gasteiger partial charge in [0.1, 0.15) is 11.5 Å². The highest BCUT2D eigenvalue weighted by Gasteiger charge is 2.30. The zero-order valence-electron chi connectivity index (χ0n) is 17.2. The average Bonchev–Trinajstić information content (AvgIpc) is 2.61. The third-order valence-electron chi connectivity index (χ3n) is 4.27. The van der Waals surface area contributed by atoms with Gasteiger partial charge in [0.2, 0.25) is 0 Å². The minimum absolute atomic E-state index is 0.241. The molecule has 152 valence electrons. The highest BCUT2D eigenvalue weighted by atomic mass is 16.6. The number of rotatable bonds is 5. The molecule has 1 atom stereocenters. The zero-order chi connectivity index (χ0) is 20.9. The van der Waals surface area contributed by atoms with E-state index in [0.29, 0.717) is 37.4 Å². The fourth-order valence-electron chi connectivity index (χ4n) is 2.86. The number of fused-ring (bicyclic) bond motifs is 1. The van der Waals surface area contributed by atoms with Gasteiger partial charge in [-0.25, -0.2) is 9.78 Å². The van der Waals surface area contributed by atoms with Crippen LogP contribution in [-0.2, 0) is 20.7 Å². The maximum atomic E-state index is 12.6. The predicted molar refractivity (Wildman–Crippen MR) is 105 cm³/mol. The van der Waals surface area contributed by atoms with Gasteiger partial charge in [-0.3, -0.25) is 9.69 Å². The third-order valence-corrected chi connectivity index (χ3v) is 4.27. The number of nitrogens with zero attached hydrogens (tertiary/aromatic N) is 4. The molecular weight excluding hydrogens is 360 g/mol. The summed E-state index contributed by atoms with van der Waals surface area (Å²) in [6.45, 7) is 8.56. The number of aromatic nitrogens is 1. The minimum atomic E-state index is -0.831. The van der Waals surface area contributed by atoms with Crippen LogP contribution in [0.15, 0.2) is 12.1 Å². The van der Waals surface area contributed by atoms with Crippen molar-refractivity contribution >= 4 is 23.6 Å². The zero-order valence-corrected chi connectivity index (χ0v) is 17.2. The summed E-state index contributed by atoms with van der Waals surface area (Å²) in [6, 6.07) is 5.74. The third kappa shape index (κ3) is 5.35. The summed E-state index contributed by atoms with van der Waals surface area (Å²) >= 11 is 0. The summed E-state index contributed by atoms with van der Waals surface area (Å²) in [4.78, 5) is 32.6. The first kappa shape index (κ1) is 21.5. The molecule has 0 bridgehead atoms. The van der Waals surface area contributed by atoms with Gasteiger partial charge in [0.15, 0.2) is 5.82 Å². The molecule has 28 heavy (non-hydrogen) atoms. The van der Waals surface area contributed by atoms with E-state index in [1.165, 1.54) is 4.90 Å². The molecule has 0 fully saturated rings. The van der Waals surface area contributed by atoms with Gasteiger partial charge in [-0.1, -0.05) is 0 Å². The smallest absolute Gasteiger partial charge is 0.416 e. The minimum Gasteiger partial charge on any atom is -0.465 e. The van der Waals surface area contributed by atoms with Crippen molar-refractivity contribution in [1.82, 2.24) is 4.98 Å². The Kier molecular flexibility index (Phi) is 6.84. The van der Waals surface area contributed by atoms with Crippen molar-refractivity contribution < 1.29 is 19.1 Å². The first-order valence-electron chi connectivity index (χ1n) is 9.44. The lowest BCUT2D eigenvalue weighted by molar-refractivity contribution is -0.146. The standard InChI is InChI=1S/C20H28N4O4/c1-6-27-18(25)14(13-21)7-8-15-9-10-16-17(22-15)24(12-11-23(16)5)19(26)28-20(2,3)4/h9-10,14H,6-8,11-12H2,1-5H3. The van der Waals surface area contributed by atoms with E-state index < -0.39 is 23.6 Å². The van der Waals surface area contributed by atoms with Gasteiger partial charge in [0.25, 0.3) is 0 Å². The summed E-state index contributed by atoms with van der Waals surface area (Å²) in [5.74, 6) is -0.814. The Labute approximate surface area is 166 Å². The molecule has 1 aromatic rings. The monoisotopic (exact) mass is 388 g/mol. The number of aryl methyl sites for hydroxylation is 1. The normalized spacial score (nSPS) is 14.7. The quantitative estimate of drug-likeness (QED) is 0.716. The van der Waals surface area contributed by atoms with Crippen LogP contribution in [0.25, 0.3) is 0 Å². The maximum absolute atomic E-state index is 12.6. The molecular formula is C20H28N4O4. The molecule has 8 heteroatoms. The Balaban J connectivity index is 2.20. The van der Waals surface area contributed by atoms with E-state index in [-0.39, 0.29) is 6.61 Å². The van der Waals surface area contributed by atoms with E-state index in [1.807, 2.05) is 50.9 Å². The van der Waals surface area contributed by atoms with E-state index in [2.05, 4.69) is 4.98 Å². The predicted octanol–water partition coefficient (Wildman–Crippen LogP) is 2.91. The van der Waals surface area contributed by atoms with Crippen molar-refractivity contribution in [2.45, 2.75) is 46.1 Å². The number of carbonyl (C=O) groups excluding carboxylic acids is 2. The Morgan fingerprint density at radius 3 is 2.64 bits per heavy atom. The lowest BCUT2D eigenvalue weighted by Crippen LogP contribution is -2.45. The van der Waals surface area contributed by atoms with Crippen LogP contribution in [-0.4, -0.2) is 49.4 Å². The van der Waals surface area contributed by atoms with Crippen molar-refractivity contribution in [2.75, 3.05) is 36.5 Å². The molecule has 0 aliphatic carbocycles. The SMILES string of the molecule is CCOC(=O)C(C#N)CCc1ccc2c(n1)N(C(=O)OC(C)(C)C)CCN2C. The van der Waals surface area contributed by atoms with Crippen LogP contribution in [0.2, 0.25) is 0 Å². The van der Waals surface area contributed by atoms with E-state index in [0.717, 1.165) is 5.69 Å². The van der Waals surface area contributed by atoms with Crippen molar-refractivity contribution in [2.24, 2.45) is 5.92 Å². The second-order valence-electron chi connectivity index (χ2n) is 7.67. The van der Waals surface area contributed by atoms with Gasteiger partial charge in [-0.15, -0.1) is 0 Å². The number of ether oxygens (including phenoxy) is 2. The van der Waals surface area contributed by atoms with Gasteiger partial charge >= 0.3 is 12.1 Å². The molecule has 1 amide bonds. The van der Waals surface area contributed by atoms with Crippen LogP contribution in [0.3, 0.4) is 0 Å². The molecule has 2 heterocycles. The fourth-order valence-corrected chi connectivity index (χ4v) is 2.86. The average molecular weight is 388 g/mol. The summed E-state index contributed by atoms with van der Waals surface area (Å²) in [5.41, 5.74) is 0.938. The highest BCUT2D eigenvalue weighted by Crippen LogP contribution is 2.32. The topological polar surface area (TPSA) is 95.8 Å². The van der Waals surface area contributed by atoms with E-state index in [4.69, 9.17) is 9.47 Å². The molecule has 2 rings (SSSR count). The van der Waals surface area contributed by atoms with Crippen LogP contribution in [0.1, 0.15) is 39.8 Å². The number of esters is 1. The van der Waals surface area contributed by atoms with Crippen molar-refractivity contribution in [1.29, 1.82) is 5.26 Å². The Bertz CT molecular complexity index is 766. The summed E-state index contributed by atoms with van der Waals surface area (Å²) in [7, 11) is 1.94. The summed E-state index contributed by atoms with van der Waals surface area (Å²) in [5, 5.41) is 9.20. The number of anilines is 2. The van der Waals surface area contributed by atoms with Crippen LogP contribution in [0.4, 0.5) is 16.3 Å². The van der Waals surface area contributed by atoms with Crippen molar-refractivity contribution in [3.8, 4) is 6.07 Å². The first-order valence-corrected chi connectivity index (χ1v) is 9.44. The molecule has 0 N–H and O–H groups in total. The first-order chi connectivity index (χ1) is 13.2. The van der Waals surface area contributed by atoms with E-state index in [9.17, 15) is 14.9 Å². The molecule has 8 nitrogen and oxygen atoms in total. The Morgan fingerprint density at radius 1 is 1.32 bits per heavy atom. The van der Waals surface area contributed by atoms with Gasteiger partial charge < -0.3 is 14.4 Å². The maximum Gasteiger partial charge on any atom is 0.416 e. The molecule has 0 saturated heterocycles. The number of hydrogen-bond acceptors (Lipinski definition) is 7. The number of pyridine rings is 1. The van der Waals surface area contributed by atoms with Gasteiger partial charge in [-0.05, 0) is 52.7 Å². The van der Waals surface area contributed by atoms with Gasteiger partial charge in [0, 0.05) is 25.8 Å². The van der Waals surface area contributed by atoms with Crippen LogP contribution in [0, 0.1) is 17.2 Å². The second kappa shape index (κ2) is 8.91. The lowest BCUT2D eigenvalue weighted by atomic mass is 10.0. The molecule has 0 saturated carbocycles. The molecule has 1 unspecified atom stereocenters. The largest absolute Gasteiger partial charge is 0.465 e. The van der Waals surface area contributed by atoms with Crippen molar-refractivity contribution in [3.63, 3.8) is 0 Å². The molecule has 1 aliphatic rings. The summed E-state index contributed by atoms with van der Waals surface area (Å²) < 4.78 is 10.4. The lowest BCUT2D eigenvalue weighted by Gasteiger charge is -2.35. The van der Waals surface area contributed by atoms with Crippen LogP contribution < -0.4 is 9.80 Å². The molecule has 0 radical (unpaired) electrons. The highest BCUT2D eigenvalue weighted by molar-refractivity contribution is 5.92. The summed E-state index contributed by atoms with van der Waals surface area (Å²) in [6.07, 6.45) is 0.299. The Morgan fingerprint density at radius 2 is 2.04 bits per heavy atom. The van der Waals surface area contributed by atoms with Gasteiger partial charge in [-0.2, -0.15) is 5.26 Å². The molecule has 1 aliphatic heterocycles. The number of likely N-dealkylation sites (N-methyl/N-ethyl adjacent to an activating group) is 1. The van der Waals surface area contributed by atoms with Crippen molar-refractivity contribution in [3.05, 3.63) is 17.8 Å². The van der Waals surface area contributed by atoms with E-state index in [1.54, 1.807) is 6.92 Å². The molecule has 0 aromatic carbocycles.